The highest BCUT2D eigenvalue weighted by atomic mass is 16.5. The molecule has 0 fully saturated rings. The number of hydrogen-bond donors (Lipinski definition) is 0. The number of benzene rings is 1. The number of methoxy groups -OCH3 is 1. The lowest BCUT2D eigenvalue weighted by atomic mass is 10.1. The van der Waals surface area contributed by atoms with E-state index >= 15 is 0 Å². The third-order valence-corrected chi connectivity index (χ3v) is 2.72. The van der Waals surface area contributed by atoms with Crippen molar-refractivity contribution in [1.82, 2.24) is 9.97 Å². The average Bonchev–Trinajstić information content (AvgIpc) is 2.29. The first-order valence-electron chi connectivity index (χ1n) is 5.58. The van der Waals surface area contributed by atoms with Crippen LogP contribution in [0.4, 0.5) is 0 Å². The van der Waals surface area contributed by atoms with E-state index in [1.54, 1.807) is 7.11 Å². The van der Waals surface area contributed by atoms with Gasteiger partial charge in [0.25, 0.3) is 0 Å². The molecule has 1 heterocycles. The summed E-state index contributed by atoms with van der Waals surface area (Å²) in [5.74, 6) is 1.52. The minimum atomic E-state index is 0.751. The molecule has 0 N–H and O–H groups in total. The van der Waals surface area contributed by atoms with Gasteiger partial charge in [-0.2, -0.15) is 0 Å². The number of nitrogens with zero attached hydrogens (tertiary/aromatic N) is 2. The molecule has 2 rings (SSSR count). The molecule has 88 valence electrons. The van der Waals surface area contributed by atoms with Gasteiger partial charge in [0.1, 0.15) is 0 Å². The highest BCUT2D eigenvalue weighted by Gasteiger charge is 2.09. The number of aromatic nitrogens is 2. The summed E-state index contributed by atoms with van der Waals surface area (Å²) in [6, 6.07) is 8.20. The van der Waals surface area contributed by atoms with Crippen molar-refractivity contribution in [1.29, 1.82) is 0 Å². The highest BCUT2D eigenvalue weighted by molar-refractivity contribution is 5.56. The van der Waals surface area contributed by atoms with Crippen LogP contribution in [0.1, 0.15) is 17.0 Å². The molecule has 1 aromatic heterocycles. The van der Waals surface area contributed by atoms with E-state index < -0.39 is 0 Å². The van der Waals surface area contributed by atoms with Gasteiger partial charge in [-0.15, -0.1) is 0 Å². The Balaban J connectivity index is 2.50. The Morgan fingerprint density at radius 3 is 1.88 bits per heavy atom. The van der Waals surface area contributed by atoms with Gasteiger partial charge in [0.15, 0.2) is 11.6 Å². The summed E-state index contributed by atoms with van der Waals surface area (Å²) in [5, 5.41) is 0. The minimum Gasteiger partial charge on any atom is -0.493 e. The molecular formula is C14H16N2O. The smallest absolute Gasteiger partial charge is 0.161 e. The first kappa shape index (κ1) is 11.6. The molecule has 0 aliphatic heterocycles. The lowest BCUT2D eigenvalue weighted by Crippen LogP contribution is -2.00. The summed E-state index contributed by atoms with van der Waals surface area (Å²) in [7, 11) is 1.64. The van der Waals surface area contributed by atoms with E-state index in [1.807, 2.05) is 26.0 Å². The molecule has 0 unspecified atom stereocenters. The number of rotatable bonds is 2. The van der Waals surface area contributed by atoms with Crippen LogP contribution < -0.4 is 4.74 Å². The maximum atomic E-state index is 5.26. The van der Waals surface area contributed by atoms with Crippen molar-refractivity contribution in [2.45, 2.75) is 20.8 Å². The molecular weight excluding hydrogens is 212 g/mol. The Hall–Kier alpha value is -1.90. The molecule has 3 heteroatoms. The lowest BCUT2D eigenvalue weighted by Gasteiger charge is -2.09. The Morgan fingerprint density at radius 2 is 1.41 bits per heavy atom. The fraction of sp³-hybridized carbons (Fsp3) is 0.286. The molecule has 0 atom stereocenters. The Kier molecular flexibility index (Phi) is 3.09. The summed E-state index contributed by atoms with van der Waals surface area (Å²) < 4.78 is 5.26. The number of hydrogen-bond acceptors (Lipinski definition) is 3. The summed E-state index contributed by atoms with van der Waals surface area (Å²) in [6.45, 7) is 5.94. The van der Waals surface area contributed by atoms with Crippen LogP contribution in [0.3, 0.4) is 0 Å². The standard InChI is InChI=1S/C14H16N2O/c1-9-5-7-12(8-6-9)14-15-10(2)13(17-4)11(3)16-14/h5-8H,1-4H3. The van der Waals surface area contributed by atoms with E-state index in [-0.39, 0.29) is 0 Å². The van der Waals surface area contributed by atoms with Crippen LogP contribution in [0, 0.1) is 20.8 Å². The third-order valence-electron chi connectivity index (χ3n) is 2.72. The molecule has 0 aliphatic rings. The second-order valence-corrected chi connectivity index (χ2v) is 4.12. The zero-order chi connectivity index (χ0) is 12.4. The van der Waals surface area contributed by atoms with Gasteiger partial charge in [-0.05, 0) is 20.8 Å². The van der Waals surface area contributed by atoms with Gasteiger partial charge in [-0.1, -0.05) is 29.8 Å². The second kappa shape index (κ2) is 4.53. The highest BCUT2D eigenvalue weighted by Crippen LogP contribution is 2.23. The molecule has 0 radical (unpaired) electrons. The van der Waals surface area contributed by atoms with Crippen molar-refractivity contribution >= 4 is 0 Å². The summed E-state index contributed by atoms with van der Waals surface area (Å²) >= 11 is 0. The van der Waals surface area contributed by atoms with Gasteiger partial charge in [-0.25, -0.2) is 9.97 Å². The topological polar surface area (TPSA) is 35.0 Å². The molecule has 0 aliphatic carbocycles. The van der Waals surface area contributed by atoms with E-state index in [0.717, 1.165) is 28.5 Å². The normalized spacial score (nSPS) is 10.4. The number of aryl methyl sites for hydroxylation is 3. The van der Waals surface area contributed by atoms with Crippen LogP contribution in [0.5, 0.6) is 5.75 Å². The number of ether oxygens (including phenoxy) is 1. The van der Waals surface area contributed by atoms with E-state index in [4.69, 9.17) is 4.74 Å². The molecule has 0 saturated heterocycles. The predicted molar refractivity (Wildman–Crippen MR) is 68.2 cm³/mol. The third kappa shape index (κ3) is 2.28. The van der Waals surface area contributed by atoms with Gasteiger partial charge in [-0.3, -0.25) is 0 Å². The zero-order valence-corrected chi connectivity index (χ0v) is 10.6. The maximum absolute atomic E-state index is 5.26. The fourth-order valence-electron chi connectivity index (χ4n) is 1.83. The maximum Gasteiger partial charge on any atom is 0.161 e. The molecule has 3 nitrogen and oxygen atoms in total. The fourth-order valence-corrected chi connectivity index (χ4v) is 1.83. The van der Waals surface area contributed by atoms with Gasteiger partial charge in [0, 0.05) is 5.56 Å². The lowest BCUT2D eigenvalue weighted by molar-refractivity contribution is 0.403. The van der Waals surface area contributed by atoms with E-state index in [2.05, 4.69) is 29.0 Å². The van der Waals surface area contributed by atoms with Crippen molar-refractivity contribution in [3.05, 3.63) is 41.2 Å². The molecule has 1 aromatic carbocycles. The van der Waals surface area contributed by atoms with E-state index in [0.29, 0.717) is 0 Å². The zero-order valence-electron chi connectivity index (χ0n) is 10.6. The van der Waals surface area contributed by atoms with Crippen LogP contribution in [-0.4, -0.2) is 17.1 Å². The predicted octanol–water partition coefficient (Wildman–Crippen LogP) is 3.08. The Bertz CT molecular complexity index is 509. The van der Waals surface area contributed by atoms with Crippen LogP contribution in [0.2, 0.25) is 0 Å². The summed E-state index contributed by atoms with van der Waals surface area (Å²) in [5.41, 5.74) is 4.01. The quantitative estimate of drug-likeness (QED) is 0.792. The van der Waals surface area contributed by atoms with Gasteiger partial charge in [0.05, 0.1) is 18.5 Å². The molecule has 0 bridgehead atoms. The molecule has 0 saturated carbocycles. The molecule has 17 heavy (non-hydrogen) atoms. The Morgan fingerprint density at radius 1 is 0.882 bits per heavy atom. The molecule has 2 aromatic rings. The van der Waals surface area contributed by atoms with Crippen LogP contribution in [0.15, 0.2) is 24.3 Å². The van der Waals surface area contributed by atoms with Crippen molar-refractivity contribution in [3.8, 4) is 17.1 Å². The van der Waals surface area contributed by atoms with Crippen LogP contribution in [-0.2, 0) is 0 Å². The molecule has 0 spiro atoms. The van der Waals surface area contributed by atoms with Gasteiger partial charge in [0.2, 0.25) is 0 Å². The van der Waals surface area contributed by atoms with Crippen LogP contribution >= 0.6 is 0 Å². The first-order valence-corrected chi connectivity index (χ1v) is 5.58. The monoisotopic (exact) mass is 228 g/mol. The van der Waals surface area contributed by atoms with Gasteiger partial charge < -0.3 is 4.74 Å². The first-order chi connectivity index (χ1) is 8.11. The van der Waals surface area contributed by atoms with Gasteiger partial charge >= 0.3 is 0 Å². The largest absolute Gasteiger partial charge is 0.493 e. The SMILES string of the molecule is COc1c(C)nc(-c2ccc(C)cc2)nc1C. The van der Waals surface area contributed by atoms with Crippen molar-refractivity contribution in [2.75, 3.05) is 7.11 Å². The van der Waals surface area contributed by atoms with Crippen molar-refractivity contribution in [2.24, 2.45) is 0 Å². The summed E-state index contributed by atoms with van der Waals surface area (Å²) in [6.07, 6.45) is 0. The Labute approximate surface area is 102 Å². The molecule has 0 amide bonds. The van der Waals surface area contributed by atoms with E-state index in [1.165, 1.54) is 5.56 Å². The van der Waals surface area contributed by atoms with Crippen molar-refractivity contribution in [3.63, 3.8) is 0 Å². The summed E-state index contributed by atoms with van der Waals surface area (Å²) in [4.78, 5) is 8.94. The van der Waals surface area contributed by atoms with E-state index in [9.17, 15) is 0 Å². The van der Waals surface area contributed by atoms with Crippen molar-refractivity contribution < 1.29 is 4.74 Å². The minimum absolute atomic E-state index is 0.751. The average molecular weight is 228 g/mol. The van der Waals surface area contributed by atoms with Crippen LogP contribution in [0.25, 0.3) is 11.4 Å². The second-order valence-electron chi connectivity index (χ2n) is 4.12.